The molecule has 0 aromatic carbocycles. The molecule has 2 amide bonds. The van der Waals surface area contributed by atoms with Crippen molar-refractivity contribution in [2.24, 2.45) is 0 Å². The predicted octanol–water partition coefficient (Wildman–Crippen LogP) is 0.188. The van der Waals surface area contributed by atoms with Gasteiger partial charge in [0.15, 0.2) is 0 Å². The number of rotatable bonds is 4. The minimum absolute atomic E-state index is 0.148. The first-order valence-electron chi connectivity index (χ1n) is 5.09. The zero-order valence-electron chi connectivity index (χ0n) is 9.90. The molecule has 1 aromatic rings. The molecule has 0 saturated heterocycles. The highest BCUT2D eigenvalue weighted by atomic mass is 32.2. The molecular formula is C9H15N5O2S. The molecular weight excluding hydrogens is 242 g/mol. The summed E-state index contributed by atoms with van der Waals surface area (Å²) in [5.41, 5.74) is 4.46. The number of carbonyl (C=O) groups is 2. The maximum absolute atomic E-state index is 11.2. The van der Waals surface area contributed by atoms with Crippen LogP contribution in [0.15, 0.2) is 5.16 Å². The third-order valence-electron chi connectivity index (χ3n) is 1.74. The Hall–Kier alpha value is -1.57. The van der Waals surface area contributed by atoms with Crippen molar-refractivity contribution in [1.29, 1.82) is 0 Å². The van der Waals surface area contributed by atoms with Gasteiger partial charge in [-0.2, -0.15) is 0 Å². The molecule has 3 N–H and O–H groups in total. The van der Waals surface area contributed by atoms with E-state index in [1.165, 1.54) is 18.7 Å². The van der Waals surface area contributed by atoms with E-state index in [1.807, 2.05) is 13.8 Å². The highest BCUT2D eigenvalue weighted by Crippen LogP contribution is 2.15. The molecule has 0 aliphatic carbocycles. The summed E-state index contributed by atoms with van der Waals surface area (Å²) < 4.78 is 0. The van der Waals surface area contributed by atoms with Crippen LogP contribution < -0.4 is 10.9 Å². The van der Waals surface area contributed by atoms with Gasteiger partial charge in [-0.15, -0.1) is 5.10 Å². The van der Waals surface area contributed by atoms with Crippen molar-refractivity contribution >= 4 is 23.6 Å². The summed E-state index contributed by atoms with van der Waals surface area (Å²) in [5, 5.41) is 7.28. The monoisotopic (exact) mass is 257 g/mol. The lowest BCUT2D eigenvalue weighted by atomic mass is 10.2. The number of nitrogens with one attached hydrogen (secondary N) is 3. The zero-order valence-corrected chi connectivity index (χ0v) is 10.7. The molecule has 0 unspecified atom stereocenters. The van der Waals surface area contributed by atoms with E-state index in [4.69, 9.17) is 0 Å². The first-order chi connectivity index (χ1) is 7.99. The van der Waals surface area contributed by atoms with Crippen molar-refractivity contribution in [2.45, 2.75) is 31.8 Å². The average molecular weight is 257 g/mol. The van der Waals surface area contributed by atoms with Gasteiger partial charge < -0.3 is 0 Å². The summed E-state index contributed by atoms with van der Waals surface area (Å²) in [7, 11) is 0. The van der Waals surface area contributed by atoms with Crippen LogP contribution in [0, 0.1) is 0 Å². The number of amides is 2. The molecule has 1 aromatic heterocycles. The van der Waals surface area contributed by atoms with Crippen molar-refractivity contribution in [1.82, 2.24) is 26.0 Å². The molecule has 0 radical (unpaired) electrons. The van der Waals surface area contributed by atoms with E-state index >= 15 is 0 Å². The van der Waals surface area contributed by atoms with Crippen LogP contribution in [0.4, 0.5) is 0 Å². The number of aromatic amines is 1. The Balaban J connectivity index is 2.34. The van der Waals surface area contributed by atoms with E-state index in [1.54, 1.807) is 0 Å². The Bertz CT molecular complexity index is 404. The number of aromatic nitrogens is 3. The number of H-pyrrole nitrogens is 1. The molecule has 0 fully saturated rings. The summed E-state index contributed by atoms with van der Waals surface area (Å²) >= 11 is 1.20. The molecule has 8 heteroatoms. The van der Waals surface area contributed by atoms with Crippen molar-refractivity contribution < 1.29 is 9.59 Å². The number of thioether (sulfide) groups is 1. The van der Waals surface area contributed by atoms with E-state index in [2.05, 4.69) is 26.0 Å². The van der Waals surface area contributed by atoms with Crippen molar-refractivity contribution in [3.8, 4) is 0 Å². The van der Waals surface area contributed by atoms with Gasteiger partial charge in [0.2, 0.25) is 17.0 Å². The van der Waals surface area contributed by atoms with E-state index in [-0.39, 0.29) is 23.5 Å². The molecule has 1 heterocycles. The summed E-state index contributed by atoms with van der Waals surface area (Å²) in [5.74, 6) is 0.583. The van der Waals surface area contributed by atoms with Crippen LogP contribution in [-0.4, -0.2) is 32.7 Å². The molecule has 7 nitrogen and oxygen atoms in total. The van der Waals surface area contributed by atoms with Gasteiger partial charge in [-0.25, -0.2) is 4.98 Å². The van der Waals surface area contributed by atoms with Gasteiger partial charge in [0, 0.05) is 12.8 Å². The van der Waals surface area contributed by atoms with Crippen LogP contribution in [0.2, 0.25) is 0 Å². The van der Waals surface area contributed by atoms with E-state index < -0.39 is 0 Å². The van der Waals surface area contributed by atoms with Crippen LogP contribution in [0.3, 0.4) is 0 Å². The Morgan fingerprint density at radius 2 is 2.12 bits per heavy atom. The fraction of sp³-hybridized carbons (Fsp3) is 0.556. The SMILES string of the molecule is CC(=O)NNC(=O)CSc1n[nH]c(C(C)C)n1. The summed E-state index contributed by atoms with van der Waals surface area (Å²) in [6, 6.07) is 0. The number of hydrazine groups is 1. The molecule has 17 heavy (non-hydrogen) atoms. The highest BCUT2D eigenvalue weighted by molar-refractivity contribution is 7.99. The predicted molar refractivity (Wildman–Crippen MR) is 63.2 cm³/mol. The minimum Gasteiger partial charge on any atom is -0.274 e. The van der Waals surface area contributed by atoms with E-state index in [9.17, 15) is 9.59 Å². The molecule has 1 rings (SSSR count). The number of nitrogens with zero attached hydrogens (tertiary/aromatic N) is 2. The Morgan fingerprint density at radius 3 is 2.65 bits per heavy atom. The standard InChI is InChI=1S/C9H15N5O2S/c1-5(2)8-10-9(14-13-8)17-4-7(16)12-11-6(3)15/h5H,4H2,1-3H3,(H,11,15)(H,12,16)(H,10,13,14). The lowest BCUT2D eigenvalue weighted by Crippen LogP contribution is -2.41. The van der Waals surface area contributed by atoms with Gasteiger partial charge in [0.25, 0.3) is 0 Å². The Kier molecular flexibility index (Phi) is 4.95. The maximum atomic E-state index is 11.2. The Morgan fingerprint density at radius 1 is 1.41 bits per heavy atom. The zero-order chi connectivity index (χ0) is 12.8. The van der Waals surface area contributed by atoms with Crippen LogP contribution in [-0.2, 0) is 9.59 Å². The minimum atomic E-state index is -0.316. The third kappa shape index (κ3) is 4.85. The fourth-order valence-electron chi connectivity index (χ4n) is 0.905. The van der Waals surface area contributed by atoms with Gasteiger partial charge >= 0.3 is 0 Å². The van der Waals surface area contributed by atoms with Crippen LogP contribution in [0.5, 0.6) is 0 Å². The van der Waals surface area contributed by atoms with Crippen LogP contribution >= 0.6 is 11.8 Å². The molecule has 0 aliphatic rings. The third-order valence-corrected chi connectivity index (χ3v) is 2.59. The Labute approximate surface area is 103 Å². The van der Waals surface area contributed by atoms with E-state index in [0.717, 1.165) is 5.82 Å². The second-order valence-electron chi connectivity index (χ2n) is 3.68. The summed E-state index contributed by atoms with van der Waals surface area (Å²) in [6.07, 6.45) is 0. The fourth-order valence-corrected chi connectivity index (χ4v) is 1.51. The molecule has 0 aliphatic heterocycles. The van der Waals surface area contributed by atoms with Gasteiger partial charge in [-0.1, -0.05) is 25.6 Å². The lowest BCUT2D eigenvalue weighted by Gasteiger charge is -2.02. The molecule has 94 valence electrons. The first-order valence-corrected chi connectivity index (χ1v) is 6.08. The average Bonchev–Trinajstić information content (AvgIpc) is 2.72. The normalized spacial score (nSPS) is 10.4. The summed E-state index contributed by atoms with van der Waals surface area (Å²) in [4.78, 5) is 26.0. The first kappa shape index (κ1) is 13.5. The smallest absolute Gasteiger partial charge is 0.248 e. The van der Waals surface area contributed by atoms with Gasteiger partial charge in [0.05, 0.1) is 5.75 Å². The second kappa shape index (κ2) is 6.24. The van der Waals surface area contributed by atoms with E-state index in [0.29, 0.717) is 5.16 Å². The van der Waals surface area contributed by atoms with Gasteiger partial charge in [-0.3, -0.25) is 25.5 Å². The molecule has 0 saturated carbocycles. The van der Waals surface area contributed by atoms with Crippen LogP contribution in [0.1, 0.15) is 32.5 Å². The molecule has 0 atom stereocenters. The number of hydrogen-bond donors (Lipinski definition) is 3. The van der Waals surface area contributed by atoms with Gasteiger partial charge in [-0.05, 0) is 0 Å². The van der Waals surface area contributed by atoms with Crippen LogP contribution in [0.25, 0.3) is 0 Å². The number of hydrogen-bond acceptors (Lipinski definition) is 5. The highest BCUT2D eigenvalue weighted by Gasteiger charge is 2.09. The lowest BCUT2D eigenvalue weighted by molar-refractivity contribution is -0.126. The van der Waals surface area contributed by atoms with Gasteiger partial charge in [0.1, 0.15) is 5.82 Å². The maximum Gasteiger partial charge on any atom is 0.248 e. The van der Waals surface area contributed by atoms with Crippen molar-refractivity contribution in [3.63, 3.8) is 0 Å². The largest absolute Gasteiger partial charge is 0.274 e. The summed E-state index contributed by atoms with van der Waals surface area (Å²) in [6.45, 7) is 5.31. The quantitative estimate of drug-likeness (QED) is 0.528. The number of carbonyl (C=O) groups excluding carboxylic acids is 2. The molecule has 0 bridgehead atoms. The van der Waals surface area contributed by atoms with Crippen molar-refractivity contribution in [2.75, 3.05) is 5.75 Å². The topological polar surface area (TPSA) is 99.8 Å². The molecule has 0 spiro atoms. The van der Waals surface area contributed by atoms with Crippen molar-refractivity contribution in [3.05, 3.63) is 5.82 Å². The second-order valence-corrected chi connectivity index (χ2v) is 4.62.